The Hall–Kier alpha value is -3.21. The molecule has 8 nitrogen and oxygen atoms in total. The van der Waals surface area contributed by atoms with Crippen molar-refractivity contribution in [2.75, 3.05) is 19.0 Å². The van der Waals surface area contributed by atoms with Gasteiger partial charge in [0, 0.05) is 31.6 Å². The Morgan fingerprint density at radius 1 is 1.13 bits per heavy atom. The van der Waals surface area contributed by atoms with Crippen LogP contribution in [0.1, 0.15) is 31.2 Å². The summed E-state index contributed by atoms with van der Waals surface area (Å²) in [6, 6.07) is 15.6. The van der Waals surface area contributed by atoms with Crippen molar-refractivity contribution in [3.05, 3.63) is 90.3 Å². The van der Waals surface area contributed by atoms with Crippen LogP contribution < -0.4 is 20.3 Å². The molecule has 0 bridgehead atoms. The van der Waals surface area contributed by atoms with E-state index in [1.54, 1.807) is 42.5 Å². The highest BCUT2D eigenvalue weighted by molar-refractivity contribution is 9.10. The first-order valence-electron chi connectivity index (χ1n) is 12.1. The Balaban J connectivity index is 1.68. The monoisotopic (exact) mass is 674 g/mol. The van der Waals surface area contributed by atoms with E-state index in [-0.39, 0.29) is 18.1 Å². The van der Waals surface area contributed by atoms with Gasteiger partial charge < -0.3 is 14.8 Å². The molecule has 202 valence electrons. The highest BCUT2D eigenvalue weighted by Gasteiger charge is 2.16. The molecule has 1 heterocycles. The van der Waals surface area contributed by atoms with E-state index in [1.165, 1.54) is 18.0 Å². The third-order valence-corrected chi connectivity index (χ3v) is 6.89. The second-order valence-electron chi connectivity index (χ2n) is 8.52. The first kappa shape index (κ1) is 28.8. The lowest BCUT2D eigenvalue weighted by atomic mass is 10.2. The molecule has 0 saturated carbocycles. The van der Waals surface area contributed by atoms with Gasteiger partial charge in [0.2, 0.25) is 0 Å². The quantitative estimate of drug-likeness (QED) is 0.186. The molecule has 0 aliphatic rings. The predicted molar refractivity (Wildman–Crippen MR) is 162 cm³/mol. The van der Waals surface area contributed by atoms with Crippen molar-refractivity contribution in [3.63, 3.8) is 0 Å². The van der Waals surface area contributed by atoms with Gasteiger partial charge in [-0.1, -0.05) is 56.8 Å². The highest BCUT2D eigenvalue weighted by atomic mass is 79.9. The van der Waals surface area contributed by atoms with Crippen LogP contribution in [-0.2, 0) is 11.2 Å². The Labute approximate surface area is 247 Å². The van der Waals surface area contributed by atoms with Crippen molar-refractivity contribution in [1.82, 2.24) is 9.66 Å². The average Bonchev–Trinajstić information content (AvgIpc) is 2.92. The Morgan fingerprint density at radius 2 is 1.90 bits per heavy atom. The number of carbonyl (C=O) groups excluding carboxylic acids is 1. The number of nitrogens with one attached hydrogen (secondary N) is 1. The number of anilines is 1. The standard InChI is InChI=1S/C28H25Br2ClN4O4/c1-3-4-5-25-34-23-11-6-18(29)13-22(23)28(37)35(25)32-15-17-12-19(30)14-24(38-2)27(17)39-16-26(36)33-21-9-7-20(31)8-10-21/h6-15H,3-5,16H2,1-2H3,(H,33,36). The number of methoxy groups -OCH3 is 1. The Kier molecular flexibility index (Phi) is 9.77. The molecule has 39 heavy (non-hydrogen) atoms. The van der Waals surface area contributed by atoms with Crippen LogP contribution in [0.4, 0.5) is 5.69 Å². The molecule has 1 aromatic heterocycles. The van der Waals surface area contributed by atoms with Gasteiger partial charge in [0.15, 0.2) is 18.1 Å². The van der Waals surface area contributed by atoms with E-state index < -0.39 is 0 Å². The van der Waals surface area contributed by atoms with E-state index in [2.05, 4.69) is 49.2 Å². The zero-order chi connectivity index (χ0) is 27.9. The van der Waals surface area contributed by atoms with Crippen LogP contribution >= 0.6 is 43.5 Å². The van der Waals surface area contributed by atoms with Crippen LogP contribution in [0, 0.1) is 0 Å². The summed E-state index contributed by atoms with van der Waals surface area (Å²) in [7, 11) is 1.50. The van der Waals surface area contributed by atoms with Gasteiger partial charge in [-0.2, -0.15) is 9.78 Å². The number of rotatable bonds is 10. The maximum Gasteiger partial charge on any atom is 0.282 e. The average molecular weight is 677 g/mol. The minimum Gasteiger partial charge on any atom is -0.493 e. The van der Waals surface area contributed by atoms with Crippen LogP contribution in [0.15, 0.2) is 73.4 Å². The van der Waals surface area contributed by atoms with Gasteiger partial charge >= 0.3 is 0 Å². The molecule has 3 aromatic carbocycles. The fourth-order valence-electron chi connectivity index (χ4n) is 3.79. The van der Waals surface area contributed by atoms with Gasteiger partial charge in [0.1, 0.15) is 5.82 Å². The number of amides is 1. The number of carbonyl (C=O) groups is 1. The van der Waals surface area contributed by atoms with Crippen LogP contribution in [0.25, 0.3) is 10.9 Å². The fourth-order valence-corrected chi connectivity index (χ4v) is 4.73. The third kappa shape index (κ3) is 7.26. The molecule has 4 aromatic rings. The summed E-state index contributed by atoms with van der Waals surface area (Å²) in [5, 5.41) is 8.30. The molecule has 0 fully saturated rings. The lowest BCUT2D eigenvalue weighted by Gasteiger charge is -2.14. The molecular formula is C28H25Br2ClN4O4. The van der Waals surface area contributed by atoms with E-state index in [0.717, 1.165) is 17.3 Å². The number of hydrogen-bond donors (Lipinski definition) is 1. The molecule has 0 aliphatic carbocycles. The molecule has 0 spiro atoms. The number of unbranched alkanes of at least 4 members (excludes halogenated alkanes) is 1. The number of ether oxygens (including phenoxy) is 2. The van der Waals surface area contributed by atoms with Gasteiger partial charge in [0.25, 0.3) is 11.5 Å². The summed E-state index contributed by atoms with van der Waals surface area (Å²) >= 11 is 12.8. The van der Waals surface area contributed by atoms with Crippen molar-refractivity contribution in [2.24, 2.45) is 5.10 Å². The maximum absolute atomic E-state index is 13.4. The Bertz CT molecular complexity index is 1590. The first-order chi connectivity index (χ1) is 18.8. The lowest BCUT2D eigenvalue weighted by molar-refractivity contribution is -0.118. The molecule has 0 radical (unpaired) electrons. The second kappa shape index (κ2) is 13.2. The summed E-state index contributed by atoms with van der Waals surface area (Å²) < 4.78 is 14.2. The number of fused-ring (bicyclic) bond motifs is 1. The molecule has 0 atom stereocenters. The molecule has 0 aliphatic heterocycles. The van der Waals surface area contributed by atoms with Crippen molar-refractivity contribution < 1.29 is 14.3 Å². The zero-order valence-corrected chi connectivity index (χ0v) is 25.1. The molecule has 4 rings (SSSR count). The zero-order valence-electron chi connectivity index (χ0n) is 21.2. The molecular weight excluding hydrogens is 652 g/mol. The van der Waals surface area contributed by atoms with Crippen molar-refractivity contribution >= 4 is 72.2 Å². The predicted octanol–water partition coefficient (Wildman–Crippen LogP) is 6.83. The summed E-state index contributed by atoms with van der Waals surface area (Å²) in [6.45, 7) is 1.79. The first-order valence-corrected chi connectivity index (χ1v) is 14.1. The summed E-state index contributed by atoms with van der Waals surface area (Å²) in [5.74, 6) is 0.881. The normalized spacial score (nSPS) is 11.2. The number of aryl methyl sites for hydroxylation is 1. The van der Waals surface area contributed by atoms with Crippen molar-refractivity contribution in [1.29, 1.82) is 0 Å². The summed E-state index contributed by atoms with van der Waals surface area (Å²) in [5.41, 5.74) is 1.42. The van der Waals surface area contributed by atoms with E-state index in [1.807, 2.05) is 12.1 Å². The van der Waals surface area contributed by atoms with E-state index in [0.29, 0.717) is 55.4 Å². The molecule has 0 unspecified atom stereocenters. The minimum absolute atomic E-state index is 0.282. The number of nitrogens with zero attached hydrogens (tertiary/aromatic N) is 3. The van der Waals surface area contributed by atoms with E-state index >= 15 is 0 Å². The van der Waals surface area contributed by atoms with Gasteiger partial charge in [-0.3, -0.25) is 9.59 Å². The van der Waals surface area contributed by atoms with Crippen LogP contribution in [0.3, 0.4) is 0 Å². The topological polar surface area (TPSA) is 94.8 Å². The SMILES string of the molecule is CCCCc1nc2ccc(Br)cc2c(=O)n1N=Cc1cc(Br)cc(OC)c1OCC(=O)Nc1ccc(Cl)cc1. The number of aromatic nitrogens is 2. The maximum atomic E-state index is 13.4. The minimum atomic E-state index is -0.368. The van der Waals surface area contributed by atoms with Crippen LogP contribution in [0.5, 0.6) is 11.5 Å². The summed E-state index contributed by atoms with van der Waals surface area (Å²) in [4.78, 5) is 30.7. The number of benzene rings is 3. The number of hydrogen-bond acceptors (Lipinski definition) is 6. The van der Waals surface area contributed by atoms with Gasteiger partial charge in [-0.25, -0.2) is 4.98 Å². The number of halogens is 3. The lowest BCUT2D eigenvalue weighted by Crippen LogP contribution is -2.23. The molecule has 1 amide bonds. The van der Waals surface area contributed by atoms with Crippen LogP contribution in [-0.4, -0.2) is 35.5 Å². The molecule has 11 heteroatoms. The largest absolute Gasteiger partial charge is 0.493 e. The second-order valence-corrected chi connectivity index (χ2v) is 10.8. The molecule has 0 saturated heterocycles. The fraction of sp³-hybridized carbons (Fsp3) is 0.214. The highest BCUT2D eigenvalue weighted by Crippen LogP contribution is 2.34. The van der Waals surface area contributed by atoms with Crippen molar-refractivity contribution in [2.45, 2.75) is 26.2 Å². The van der Waals surface area contributed by atoms with Crippen molar-refractivity contribution in [3.8, 4) is 11.5 Å². The van der Waals surface area contributed by atoms with E-state index in [4.69, 9.17) is 26.1 Å². The third-order valence-electron chi connectivity index (χ3n) is 5.69. The summed E-state index contributed by atoms with van der Waals surface area (Å²) in [6.07, 6.45) is 3.88. The Morgan fingerprint density at radius 3 is 2.62 bits per heavy atom. The van der Waals surface area contributed by atoms with Crippen LogP contribution in [0.2, 0.25) is 5.02 Å². The van der Waals surface area contributed by atoms with Gasteiger partial charge in [-0.05, 0) is 61.0 Å². The van der Waals surface area contributed by atoms with Gasteiger partial charge in [0.05, 0.1) is 24.2 Å². The van der Waals surface area contributed by atoms with Gasteiger partial charge in [-0.15, -0.1) is 0 Å². The van der Waals surface area contributed by atoms with E-state index in [9.17, 15) is 9.59 Å². The molecule has 1 N–H and O–H groups in total. The smallest absolute Gasteiger partial charge is 0.282 e.